The van der Waals surface area contributed by atoms with E-state index in [0.717, 1.165) is 5.69 Å². The van der Waals surface area contributed by atoms with Crippen LogP contribution in [0.4, 0.5) is 0 Å². The molecule has 148 valence electrons. The molecule has 2 aliphatic rings. The van der Waals surface area contributed by atoms with Gasteiger partial charge in [0.05, 0.1) is 5.69 Å². The van der Waals surface area contributed by atoms with Gasteiger partial charge in [0.2, 0.25) is 0 Å². The van der Waals surface area contributed by atoms with E-state index in [1.165, 1.54) is 75.4 Å². The van der Waals surface area contributed by atoms with Crippen LogP contribution in [0.15, 0.2) is 42.6 Å². The number of nitrogens with zero attached hydrogens (tertiary/aromatic N) is 1. The Morgan fingerprint density at radius 3 is 2.28 bits per heavy atom. The summed E-state index contributed by atoms with van der Waals surface area (Å²) >= 11 is 0. The summed E-state index contributed by atoms with van der Waals surface area (Å²) in [6.45, 7) is 11.5. The minimum absolute atomic E-state index is 0.507. The lowest BCUT2D eigenvalue weighted by Crippen LogP contribution is -2.20. The van der Waals surface area contributed by atoms with E-state index in [2.05, 4.69) is 71.0 Å². The Kier molecular flexibility index (Phi) is 4.21. The Morgan fingerprint density at radius 1 is 0.897 bits per heavy atom. The van der Waals surface area contributed by atoms with Crippen LogP contribution in [0.25, 0.3) is 21.9 Å². The van der Waals surface area contributed by atoms with E-state index in [0.29, 0.717) is 11.3 Å². The maximum atomic E-state index is 4.85. The predicted molar refractivity (Wildman–Crippen MR) is 124 cm³/mol. The molecule has 1 heteroatoms. The van der Waals surface area contributed by atoms with Crippen LogP contribution in [0.1, 0.15) is 85.9 Å². The SMILES string of the molecule is CC1=C(c2cc(C)cc(C)c2)c2nccc3cc(C4CCC(C)(C)CC4)cc1c23. The third-order valence-corrected chi connectivity index (χ3v) is 7.22. The van der Waals surface area contributed by atoms with Gasteiger partial charge in [-0.2, -0.15) is 0 Å². The first-order valence-electron chi connectivity index (χ1n) is 11.1. The second-order valence-electron chi connectivity index (χ2n) is 10.1. The summed E-state index contributed by atoms with van der Waals surface area (Å²) < 4.78 is 0. The van der Waals surface area contributed by atoms with Gasteiger partial charge in [-0.15, -0.1) is 0 Å². The molecule has 2 aromatic carbocycles. The highest BCUT2D eigenvalue weighted by Gasteiger charge is 2.30. The number of allylic oxidation sites excluding steroid dienone is 1. The van der Waals surface area contributed by atoms with Gasteiger partial charge >= 0.3 is 0 Å². The van der Waals surface area contributed by atoms with E-state index in [1.807, 2.05) is 6.20 Å². The number of aryl methyl sites for hydroxylation is 2. The standard InChI is InChI=1S/C28H31N/c1-17-12-18(2)14-23(13-17)25-19(3)24-16-22(20-6-9-28(4,5)10-7-20)15-21-8-11-29-27(25)26(21)24/h8,11-16,20H,6-7,9-10H2,1-5H3. The van der Waals surface area contributed by atoms with E-state index >= 15 is 0 Å². The zero-order valence-corrected chi connectivity index (χ0v) is 18.4. The van der Waals surface area contributed by atoms with E-state index in [1.54, 1.807) is 0 Å². The number of hydrogen-bond acceptors (Lipinski definition) is 1. The first-order valence-corrected chi connectivity index (χ1v) is 11.1. The lowest BCUT2D eigenvalue weighted by molar-refractivity contribution is 0.224. The molecule has 0 radical (unpaired) electrons. The van der Waals surface area contributed by atoms with Crippen molar-refractivity contribution in [1.82, 2.24) is 4.98 Å². The zero-order chi connectivity index (χ0) is 20.3. The molecule has 0 N–H and O–H groups in total. The molecular weight excluding hydrogens is 350 g/mol. The first-order chi connectivity index (χ1) is 13.8. The van der Waals surface area contributed by atoms with Gasteiger partial charge in [0, 0.05) is 17.2 Å². The lowest BCUT2D eigenvalue weighted by atomic mass is 9.71. The van der Waals surface area contributed by atoms with Gasteiger partial charge < -0.3 is 0 Å². The summed E-state index contributed by atoms with van der Waals surface area (Å²) in [4.78, 5) is 4.85. The Hall–Kier alpha value is -2.41. The molecule has 0 aliphatic heterocycles. The van der Waals surface area contributed by atoms with Crippen LogP contribution in [-0.2, 0) is 0 Å². The highest BCUT2D eigenvalue weighted by Crippen LogP contribution is 2.48. The summed E-state index contributed by atoms with van der Waals surface area (Å²) in [7, 11) is 0. The molecule has 29 heavy (non-hydrogen) atoms. The van der Waals surface area contributed by atoms with Gasteiger partial charge in [0.1, 0.15) is 0 Å². The molecule has 0 bridgehead atoms. The Balaban J connectivity index is 1.65. The summed E-state index contributed by atoms with van der Waals surface area (Å²) in [5.74, 6) is 0.693. The maximum absolute atomic E-state index is 4.85. The summed E-state index contributed by atoms with van der Waals surface area (Å²) in [5, 5.41) is 2.70. The number of rotatable bonds is 2. The number of benzene rings is 2. The van der Waals surface area contributed by atoms with Gasteiger partial charge in [-0.1, -0.05) is 55.3 Å². The molecule has 0 amide bonds. The van der Waals surface area contributed by atoms with Gasteiger partial charge in [-0.3, -0.25) is 4.98 Å². The maximum Gasteiger partial charge on any atom is 0.0795 e. The highest BCUT2D eigenvalue weighted by molar-refractivity contribution is 6.16. The van der Waals surface area contributed by atoms with Crippen molar-refractivity contribution in [2.45, 2.75) is 66.2 Å². The monoisotopic (exact) mass is 381 g/mol. The largest absolute Gasteiger partial charge is 0.256 e. The van der Waals surface area contributed by atoms with Crippen molar-refractivity contribution in [3.05, 3.63) is 76.1 Å². The van der Waals surface area contributed by atoms with Crippen LogP contribution in [0.2, 0.25) is 0 Å². The molecule has 0 saturated heterocycles. The zero-order valence-electron chi connectivity index (χ0n) is 18.4. The van der Waals surface area contributed by atoms with Crippen LogP contribution >= 0.6 is 0 Å². The topological polar surface area (TPSA) is 12.9 Å². The van der Waals surface area contributed by atoms with Crippen molar-refractivity contribution in [2.24, 2.45) is 5.41 Å². The average Bonchev–Trinajstić information content (AvgIpc) is 2.94. The Morgan fingerprint density at radius 2 is 1.59 bits per heavy atom. The minimum atomic E-state index is 0.507. The molecule has 5 rings (SSSR count). The van der Waals surface area contributed by atoms with Crippen molar-refractivity contribution >= 4 is 21.9 Å². The third-order valence-electron chi connectivity index (χ3n) is 7.22. The van der Waals surface area contributed by atoms with Crippen LogP contribution in [0.3, 0.4) is 0 Å². The fourth-order valence-corrected chi connectivity index (χ4v) is 5.58. The van der Waals surface area contributed by atoms with Crippen molar-refractivity contribution in [3.63, 3.8) is 0 Å². The molecule has 1 saturated carbocycles. The molecule has 0 unspecified atom stereocenters. The van der Waals surface area contributed by atoms with Crippen LogP contribution < -0.4 is 0 Å². The predicted octanol–water partition coefficient (Wildman–Crippen LogP) is 7.83. The molecule has 0 atom stereocenters. The summed E-state index contributed by atoms with van der Waals surface area (Å²) in [6.07, 6.45) is 7.27. The number of hydrogen-bond donors (Lipinski definition) is 0. The average molecular weight is 382 g/mol. The number of aromatic nitrogens is 1. The lowest BCUT2D eigenvalue weighted by Gasteiger charge is -2.34. The fraction of sp³-hybridized carbons (Fsp3) is 0.393. The molecule has 0 spiro atoms. The normalized spacial score (nSPS) is 18.7. The molecular formula is C28H31N. The Labute approximate surface area is 174 Å². The van der Waals surface area contributed by atoms with Gasteiger partial charge in [-0.05, 0) is 91.5 Å². The summed E-state index contributed by atoms with van der Waals surface area (Å²) in [5.41, 5.74) is 11.2. The van der Waals surface area contributed by atoms with Crippen LogP contribution in [-0.4, -0.2) is 4.98 Å². The molecule has 2 aliphatic carbocycles. The van der Waals surface area contributed by atoms with Crippen LogP contribution in [0.5, 0.6) is 0 Å². The van der Waals surface area contributed by atoms with Crippen molar-refractivity contribution < 1.29 is 0 Å². The van der Waals surface area contributed by atoms with Gasteiger partial charge in [-0.25, -0.2) is 0 Å². The van der Waals surface area contributed by atoms with Crippen molar-refractivity contribution in [2.75, 3.05) is 0 Å². The second kappa shape index (κ2) is 6.55. The second-order valence-corrected chi connectivity index (χ2v) is 10.1. The van der Waals surface area contributed by atoms with Gasteiger partial charge in [0.25, 0.3) is 0 Å². The van der Waals surface area contributed by atoms with E-state index < -0.39 is 0 Å². The molecule has 1 aromatic heterocycles. The quantitative estimate of drug-likeness (QED) is 0.441. The summed E-state index contributed by atoms with van der Waals surface area (Å²) in [6, 6.07) is 14.0. The molecule has 1 heterocycles. The van der Waals surface area contributed by atoms with Crippen LogP contribution in [0, 0.1) is 19.3 Å². The first kappa shape index (κ1) is 18.6. The molecule has 3 aromatic rings. The minimum Gasteiger partial charge on any atom is -0.256 e. The highest BCUT2D eigenvalue weighted by atomic mass is 14.7. The van der Waals surface area contributed by atoms with Gasteiger partial charge in [0.15, 0.2) is 0 Å². The molecule has 1 fully saturated rings. The number of pyridine rings is 1. The van der Waals surface area contributed by atoms with E-state index in [9.17, 15) is 0 Å². The van der Waals surface area contributed by atoms with E-state index in [-0.39, 0.29) is 0 Å². The van der Waals surface area contributed by atoms with Crippen molar-refractivity contribution in [1.29, 1.82) is 0 Å². The Bertz CT molecular complexity index is 1130. The third kappa shape index (κ3) is 3.12. The van der Waals surface area contributed by atoms with Crippen molar-refractivity contribution in [3.8, 4) is 0 Å². The molecule has 1 nitrogen and oxygen atoms in total. The smallest absolute Gasteiger partial charge is 0.0795 e. The van der Waals surface area contributed by atoms with E-state index in [4.69, 9.17) is 4.98 Å². The fourth-order valence-electron chi connectivity index (χ4n) is 5.58.